The minimum absolute atomic E-state index is 0.221. The number of nitrogens with zero attached hydrogens (tertiary/aromatic N) is 1. The first-order chi connectivity index (χ1) is 8.72. The van der Waals surface area contributed by atoms with Gasteiger partial charge in [0.25, 0.3) is 0 Å². The lowest BCUT2D eigenvalue weighted by atomic mass is 10.1. The van der Waals surface area contributed by atoms with Crippen LogP contribution in [0.5, 0.6) is 0 Å². The smallest absolute Gasteiger partial charge is 0.0743 e. The Balaban J connectivity index is 2.28. The average molecular weight is 245 g/mol. The van der Waals surface area contributed by atoms with Gasteiger partial charge in [-0.2, -0.15) is 0 Å². The molecule has 1 heterocycles. The van der Waals surface area contributed by atoms with Crippen molar-refractivity contribution in [1.82, 2.24) is 4.98 Å². The van der Waals surface area contributed by atoms with Crippen LogP contribution in [-0.4, -0.2) is 22.7 Å². The van der Waals surface area contributed by atoms with Crippen LogP contribution in [0.15, 0.2) is 30.5 Å². The van der Waals surface area contributed by atoms with E-state index in [1.807, 2.05) is 24.3 Å². The van der Waals surface area contributed by atoms with E-state index in [4.69, 9.17) is 10.8 Å². The first-order valence-corrected chi connectivity index (χ1v) is 6.23. The molecule has 0 saturated carbocycles. The van der Waals surface area contributed by atoms with Crippen LogP contribution in [0.25, 0.3) is 10.9 Å². The van der Waals surface area contributed by atoms with Gasteiger partial charge < -0.3 is 16.2 Å². The highest BCUT2D eigenvalue weighted by Gasteiger charge is 2.09. The van der Waals surface area contributed by atoms with E-state index in [0.29, 0.717) is 5.69 Å². The van der Waals surface area contributed by atoms with Crippen LogP contribution in [0.2, 0.25) is 0 Å². The van der Waals surface area contributed by atoms with Crippen molar-refractivity contribution in [3.63, 3.8) is 0 Å². The van der Waals surface area contributed by atoms with E-state index in [2.05, 4.69) is 17.2 Å². The van der Waals surface area contributed by atoms with Crippen molar-refractivity contribution in [2.75, 3.05) is 17.7 Å². The molecular formula is C14H19N3O. The van der Waals surface area contributed by atoms with Gasteiger partial charge in [-0.3, -0.25) is 4.98 Å². The molecule has 0 aliphatic carbocycles. The van der Waals surface area contributed by atoms with E-state index in [1.165, 1.54) is 0 Å². The predicted octanol–water partition coefficient (Wildman–Crippen LogP) is 2.39. The molecule has 96 valence electrons. The molecule has 0 saturated heterocycles. The number of benzene rings is 1. The van der Waals surface area contributed by atoms with Crippen LogP contribution in [0.3, 0.4) is 0 Å². The largest absolute Gasteiger partial charge is 0.396 e. The highest BCUT2D eigenvalue weighted by Crippen LogP contribution is 2.28. The Bertz CT molecular complexity index is 527. The molecule has 1 aromatic heterocycles. The number of pyridine rings is 1. The van der Waals surface area contributed by atoms with Crippen LogP contribution in [0, 0.1) is 0 Å². The summed E-state index contributed by atoms with van der Waals surface area (Å²) in [7, 11) is 0. The van der Waals surface area contributed by atoms with Crippen molar-refractivity contribution in [2.24, 2.45) is 0 Å². The summed E-state index contributed by atoms with van der Waals surface area (Å²) in [6.07, 6.45) is 3.38. The topological polar surface area (TPSA) is 71.2 Å². The lowest BCUT2D eigenvalue weighted by molar-refractivity contribution is 0.282. The molecule has 1 unspecified atom stereocenters. The summed E-state index contributed by atoms with van der Waals surface area (Å²) in [4.78, 5) is 4.31. The number of aliphatic hydroxyl groups is 1. The van der Waals surface area contributed by atoms with Gasteiger partial charge in [-0.25, -0.2) is 0 Å². The molecule has 18 heavy (non-hydrogen) atoms. The van der Waals surface area contributed by atoms with Gasteiger partial charge in [-0.1, -0.05) is 18.2 Å². The molecule has 0 amide bonds. The summed E-state index contributed by atoms with van der Waals surface area (Å²) in [5.74, 6) is 0. The van der Waals surface area contributed by atoms with Gasteiger partial charge in [0.15, 0.2) is 0 Å². The molecular weight excluding hydrogens is 226 g/mol. The number of hydrogen-bond acceptors (Lipinski definition) is 4. The van der Waals surface area contributed by atoms with E-state index >= 15 is 0 Å². The molecule has 2 rings (SSSR count). The van der Waals surface area contributed by atoms with E-state index in [1.54, 1.807) is 6.20 Å². The van der Waals surface area contributed by atoms with Crippen LogP contribution in [-0.2, 0) is 0 Å². The Hall–Kier alpha value is -1.81. The van der Waals surface area contributed by atoms with Crippen molar-refractivity contribution >= 4 is 22.3 Å². The quantitative estimate of drug-likeness (QED) is 0.756. The SMILES string of the molecule is CC(CCCO)Nc1c(N)cnc2ccccc12. The van der Waals surface area contributed by atoms with Crippen molar-refractivity contribution in [1.29, 1.82) is 0 Å². The normalized spacial score (nSPS) is 12.6. The molecule has 4 N–H and O–H groups in total. The number of hydrogen-bond donors (Lipinski definition) is 3. The highest BCUT2D eigenvalue weighted by molar-refractivity contribution is 5.96. The fraction of sp³-hybridized carbons (Fsp3) is 0.357. The molecule has 0 aliphatic heterocycles. The summed E-state index contributed by atoms with van der Waals surface area (Å²) in [6.45, 7) is 2.31. The number of fused-ring (bicyclic) bond motifs is 1. The van der Waals surface area contributed by atoms with Crippen molar-refractivity contribution in [2.45, 2.75) is 25.8 Å². The summed E-state index contributed by atoms with van der Waals surface area (Å²) >= 11 is 0. The Kier molecular flexibility index (Phi) is 3.99. The van der Waals surface area contributed by atoms with Crippen LogP contribution in [0.4, 0.5) is 11.4 Å². The van der Waals surface area contributed by atoms with E-state index in [0.717, 1.165) is 29.4 Å². The summed E-state index contributed by atoms with van der Waals surface area (Å²) in [5.41, 5.74) is 8.52. The molecule has 4 nitrogen and oxygen atoms in total. The maximum atomic E-state index is 8.85. The molecule has 0 aliphatic rings. The molecule has 0 spiro atoms. The third-order valence-corrected chi connectivity index (χ3v) is 2.99. The molecule has 1 atom stereocenters. The van der Waals surface area contributed by atoms with Crippen molar-refractivity contribution < 1.29 is 5.11 Å². The lowest BCUT2D eigenvalue weighted by Gasteiger charge is -2.18. The molecule has 4 heteroatoms. The minimum Gasteiger partial charge on any atom is -0.396 e. The Morgan fingerprint density at radius 2 is 2.17 bits per heavy atom. The zero-order chi connectivity index (χ0) is 13.0. The molecule has 0 fully saturated rings. The zero-order valence-electron chi connectivity index (χ0n) is 10.6. The Labute approximate surface area is 107 Å². The van der Waals surface area contributed by atoms with Crippen LogP contribution < -0.4 is 11.1 Å². The standard InChI is InChI=1S/C14H19N3O/c1-10(5-4-8-18)17-14-11-6-2-3-7-13(11)16-9-12(14)15/h2-3,6-7,9-10,18H,4-5,8,15H2,1H3,(H,16,17). The fourth-order valence-corrected chi connectivity index (χ4v) is 2.03. The maximum absolute atomic E-state index is 8.85. The number of rotatable bonds is 5. The first kappa shape index (κ1) is 12.6. The monoisotopic (exact) mass is 245 g/mol. The summed E-state index contributed by atoms with van der Waals surface area (Å²) in [5, 5.41) is 13.3. The zero-order valence-corrected chi connectivity index (χ0v) is 10.6. The van der Waals surface area contributed by atoms with Gasteiger partial charge in [0, 0.05) is 18.0 Å². The molecule has 0 bridgehead atoms. The number of para-hydroxylation sites is 1. The van der Waals surface area contributed by atoms with Crippen molar-refractivity contribution in [3.8, 4) is 0 Å². The Morgan fingerprint density at radius 1 is 1.39 bits per heavy atom. The van der Waals surface area contributed by atoms with Gasteiger partial charge in [-0.15, -0.1) is 0 Å². The van der Waals surface area contributed by atoms with E-state index in [9.17, 15) is 0 Å². The third-order valence-electron chi connectivity index (χ3n) is 2.99. The van der Waals surface area contributed by atoms with Gasteiger partial charge in [0.2, 0.25) is 0 Å². The predicted molar refractivity (Wildman–Crippen MR) is 75.6 cm³/mol. The number of aromatic nitrogens is 1. The number of aliphatic hydroxyl groups excluding tert-OH is 1. The van der Waals surface area contributed by atoms with E-state index in [-0.39, 0.29) is 12.6 Å². The molecule has 0 radical (unpaired) electrons. The average Bonchev–Trinajstić information content (AvgIpc) is 2.40. The summed E-state index contributed by atoms with van der Waals surface area (Å²) < 4.78 is 0. The number of nitrogens with two attached hydrogens (primary N) is 1. The number of nitrogens with one attached hydrogen (secondary N) is 1. The highest BCUT2D eigenvalue weighted by atomic mass is 16.2. The Morgan fingerprint density at radius 3 is 2.94 bits per heavy atom. The first-order valence-electron chi connectivity index (χ1n) is 6.23. The second kappa shape index (κ2) is 5.69. The van der Waals surface area contributed by atoms with E-state index < -0.39 is 0 Å². The van der Waals surface area contributed by atoms with Gasteiger partial charge in [0.05, 0.1) is 23.1 Å². The summed E-state index contributed by atoms with van der Waals surface area (Å²) in [6, 6.07) is 8.19. The second-order valence-electron chi connectivity index (χ2n) is 4.52. The van der Waals surface area contributed by atoms with Gasteiger partial charge >= 0.3 is 0 Å². The van der Waals surface area contributed by atoms with Gasteiger partial charge in [-0.05, 0) is 25.8 Å². The molecule has 1 aromatic carbocycles. The maximum Gasteiger partial charge on any atom is 0.0743 e. The molecule has 2 aromatic rings. The lowest BCUT2D eigenvalue weighted by Crippen LogP contribution is -2.17. The number of anilines is 2. The fourth-order valence-electron chi connectivity index (χ4n) is 2.03. The van der Waals surface area contributed by atoms with Crippen molar-refractivity contribution in [3.05, 3.63) is 30.5 Å². The minimum atomic E-state index is 0.221. The van der Waals surface area contributed by atoms with Crippen LogP contribution >= 0.6 is 0 Å². The second-order valence-corrected chi connectivity index (χ2v) is 4.52. The van der Waals surface area contributed by atoms with Gasteiger partial charge in [0.1, 0.15) is 0 Å². The van der Waals surface area contributed by atoms with Crippen LogP contribution in [0.1, 0.15) is 19.8 Å². The third kappa shape index (κ3) is 2.71. The number of nitrogen functional groups attached to an aromatic ring is 1.